The van der Waals surface area contributed by atoms with Crippen molar-refractivity contribution in [3.63, 3.8) is 0 Å². The molecule has 1 aliphatic carbocycles. The second-order valence-corrected chi connectivity index (χ2v) is 6.58. The van der Waals surface area contributed by atoms with Crippen LogP contribution in [0.25, 0.3) is 0 Å². The first-order chi connectivity index (χ1) is 11.3. The maximum atomic E-state index is 12.4. The standard InChI is InChI=1S/C16H17NO6S/c1-8(18)17-12(15(20)21)7-24-6-11-13(16(22)23)9-4-2-3-5-10(9)14(11)19/h2-5,11-13H,6-7H2,1H3,(H,17,18)(H,20,21)(H,22,23)/t11?,12-,13?/m1/s1. The zero-order chi connectivity index (χ0) is 17.9. The maximum Gasteiger partial charge on any atom is 0.327 e. The van der Waals surface area contributed by atoms with Crippen LogP contribution in [-0.4, -0.2) is 51.4 Å². The summed E-state index contributed by atoms with van der Waals surface area (Å²) < 4.78 is 0. The number of carbonyl (C=O) groups excluding carboxylic acids is 2. The highest BCUT2D eigenvalue weighted by atomic mass is 32.2. The van der Waals surface area contributed by atoms with Gasteiger partial charge in [-0.1, -0.05) is 24.3 Å². The van der Waals surface area contributed by atoms with Crippen LogP contribution in [0.15, 0.2) is 24.3 Å². The van der Waals surface area contributed by atoms with Crippen LogP contribution in [0.2, 0.25) is 0 Å². The Bertz CT molecular complexity index is 689. The maximum absolute atomic E-state index is 12.4. The normalized spacial score (nSPS) is 20.3. The quantitative estimate of drug-likeness (QED) is 0.670. The average Bonchev–Trinajstić information content (AvgIpc) is 2.79. The molecule has 0 aromatic heterocycles. The Morgan fingerprint density at radius 2 is 1.92 bits per heavy atom. The van der Waals surface area contributed by atoms with Crippen LogP contribution < -0.4 is 5.32 Å². The van der Waals surface area contributed by atoms with Crippen molar-refractivity contribution >= 4 is 35.4 Å². The molecule has 0 saturated heterocycles. The van der Waals surface area contributed by atoms with Gasteiger partial charge >= 0.3 is 11.9 Å². The molecule has 1 aromatic rings. The number of carboxylic acids is 2. The lowest BCUT2D eigenvalue weighted by molar-refractivity contribution is -0.141. The predicted octanol–water partition coefficient (Wildman–Crippen LogP) is 0.990. The van der Waals surface area contributed by atoms with E-state index < -0.39 is 35.7 Å². The number of hydrogen-bond acceptors (Lipinski definition) is 5. The van der Waals surface area contributed by atoms with E-state index >= 15 is 0 Å². The summed E-state index contributed by atoms with van der Waals surface area (Å²) in [5.74, 6) is -4.38. The van der Waals surface area contributed by atoms with E-state index in [2.05, 4.69) is 5.32 Å². The minimum Gasteiger partial charge on any atom is -0.481 e. The van der Waals surface area contributed by atoms with Crippen LogP contribution in [0.5, 0.6) is 0 Å². The van der Waals surface area contributed by atoms with Crippen LogP contribution in [0.1, 0.15) is 28.8 Å². The molecule has 0 spiro atoms. The first-order valence-corrected chi connectivity index (χ1v) is 8.42. The Balaban J connectivity index is 2.07. The third-order valence-electron chi connectivity index (χ3n) is 3.82. The largest absolute Gasteiger partial charge is 0.481 e. The number of fused-ring (bicyclic) bond motifs is 1. The minimum atomic E-state index is -1.17. The lowest BCUT2D eigenvalue weighted by Gasteiger charge is -2.17. The number of carboxylic acid groups (broad SMARTS) is 2. The zero-order valence-electron chi connectivity index (χ0n) is 12.9. The van der Waals surface area contributed by atoms with Gasteiger partial charge in [-0.05, 0) is 5.56 Å². The van der Waals surface area contributed by atoms with Crippen molar-refractivity contribution in [3.05, 3.63) is 35.4 Å². The van der Waals surface area contributed by atoms with Crippen molar-refractivity contribution in [1.82, 2.24) is 5.32 Å². The molecule has 1 amide bonds. The van der Waals surface area contributed by atoms with E-state index in [4.69, 9.17) is 5.11 Å². The Morgan fingerprint density at radius 3 is 2.50 bits per heavy atom. The molecular weight excluding hydrogens is 334 g/mol. The fourth-order valence-corrected chi connectivity index (χ4v) is 3.97. The summed E-state index contributed by atoms with van der Waals surface area (Å²) in [5.41, 5.74) is 0.907. The van der Waals surface area contributed by atoms with Gasteiger partial charge in [0.25, 0.3) is 0 Å². The summed E-state index contributed by atoms with van der Waals surface area (Å²) in [7, 11) is 0. The van der Waals surface area contributed by atoms with E-state index in [1.165, 1.54) is 6.92 Å². The molecule has 0 radical (unpaired) electrons. The van der Waals surface area contributed by atoms with Crippen molar-refractivity contribution < 1.29 is 29.4 Å². The van der Waals surface area contributed by atoms with Gasteiger partial charge in [-0.15, -0.1) is 0 Å². The van der Waals surface area contributed by atoms with E-state index in [9.17, 15) is 24.3 Å². The van der Waals surface area contributed by atoms with Crippen LogP contribution >= 0.6 is 11.8 Å². The Morgan fingerprint density at radius 1 is 1.25 bits per heavy atom. The molecule has 3 atom stereocenters. The van der Waals surface area contributed by atoms with E-state index in [0.29, 0.717) is 11.1 Å². The van der Waals surface area contributed by atoms with Gasteiger partial charge in [0.15, 0.2) is 5.78 Å². The highest BCUT2D eigenvalue weighted by Gasteiger charge is 2.43. The van der Waals surface area contributed by atoms with Gasteiger partial charge in [0.2, 0.25) is 5.91 Å². The van der Waals surface area contributed by atoms with Crippen molar-refractivity contribution in [1.29, 1.82) is 0 Å². The topological polar surface area (TPSA) is 121 Å². The van der Waals surface area contributed by atoms with Crippen LogP contribution in [0, 0.1) is 5.92 Å². The molecule has 0 bridgehead atoms. The molecule has 24 heavy (non-hydrogen) atoms. The summed E-state index contributed by atoms with van der Waals surface area (Å²) in [6.45, 7) is 1.22. The fraction of sp³-hybridized carbons (Fsp3) is 0.375. The molecule has 0 heterocycles. The molecule has 3 N–H and O–H groups in total. The molecule has 0 saturated carbocycles. The van der Waals surface area contributed by atoms with Crippen molar-refractivity contribution in [3.8, 4) is 0 Å². The number of Topliss-reactive ketones (excluding diaryl/α,β-unsaturated/α-hetero) is 1. The SMILES string of the molecule is CC(=O)N[C@H](CSCC1C(=O)c2ccccc2C1C(=O)O)C(=O)O. The van der Waals surface area contributed by atoms with Gasteiger partial charge in [0, 0.05) is 29.9 Å². The molecule has 1 aromatic carbocycles. The fourth-order valence-electron chi connectivity index (χ4n) is 2.77. The number of nitrogens with one attached hydrogen (secondary N) is 1. The number of benzene rings is 1. The summed E-state index contributed by atoms with van der Waals surface area (Å²) in [5, 5.41) is 20.8. The van der Waals surface area contributed by atoms with E-state index in [1.807, 2.05) is 0 Å². The molecular formula is C16H17NO6S. The van der Waals surface area contributed by atoms with Crippen LogP contribution in [0.3, 0.4) is 0 Å². The molecule has 7 nitrogen and oxygen atoms in total. The van der Waals surface area contributed by atoms with E-state index in [-0.39, 0.29) is 17.3 Å². The van der Waals surface area contributed by atoms with Gasteiger partial charge in [-0.2, -0.15) is 11.8 Å². The summed E-state index contributed by atoms with van der Waals surface area (Å²) in [6, 6.07) is 5.54. The predicted molar refractivity (Wildman–Crippen MR) is 87.2 cm³/mol. The first kappa shape index (κ1) is 18.0. The monoisotopic (exact) mass is 351 g/mol. The average molecular weight is 351 g/mol. The Labute approximate surface area is 142 Å². The molecule has 2 unspecified atom stereocenters. The lowest BCUT2D eigenvalue weighted by atomic mass is 9.94. The highest BCUT2D eigenvalue weighted by molar-refractivity contribution is 7.99. The molecule has 0 fully saturated rings. The van der Waals surface area contributed by atoms with Crippen molar-refractivity contribution in [2.45, 2.75) is 18.9 Å². The number of ketones is 1. The Kier molecular flexibility index (Phi) is 5.61. The molecule has 128 valence electrons. The number of thioether (sulfide) groups is 1. The van der Waals surface area contributed by atoms with Gasteiger partial charge in [-0.25, -0.2) is 4.79 Å². The number of hydrogen-bond donors (Lipinski definition) is 3. The summed E-state index contributed by atoms with van der Waals surface area (Å²) >= 11 is 1.14. The van der Waals surface area contributed by atoms with E-state index in [1.54, 1.807) is 24.3 Å². The Hall–Kier alpha value is -2.35. The number of aliphatic carboxylic acids is 2. The van der Waals surface area contributed by atoms with E-state index in [0.717, 1.165) is 11.8 Å². The molecule has 1 aliphatic rings. The van der Waals surface area contributed by atoms with Crippen molar-refractivity contribution in [2.24, 2.45) is 5.92 Å². The van der Waals surface area contributed by atoms with Crippen molar-refractivity contribution in [2.75, 3.05) is 11.5 Å². The molecule has 8 heteroatoms. The van der Waals surface area contributed by atoms with Gasteiger partial charge in [0.05, 0.1) is 5.92 Å². The minimum absolute atomic E-state index is 0.0569. The molecule has 0 aliphatic heterocycles. The summed E-state index contributed by atoms with van der Waals surface area (Å²) in [6.07, 6.45) is 0. The second kappa shape index (κ2) is 7.48. The number of rotatable bonds is 7. The van der Waals surface area contributed by atoms with Crippen LogP contribution in [0.4, 0.5) is 0 Å². The molecule has 2 rings (SSSR count). The zero-order valence-corrected chi connectivity index (χ0v) is 13.7. The number of amides is 1. The smallest absolute Gasteiger partial charge is 0.327 e. The third-order valence-corrected chi connectivity index (χ3v) is 4.99. The summed E-state index contributed by atoms with van der Waals surface area (Å²) in [4.78, 5) is 46.1. The second-order valence-electron chi connectivity index (χ2n) is 5.50. The first-order valence-electron chi connectivity index (χ1n) is 7.26. The highest BCUT2D eigenvalue weighted by Crippen LogP contribution is 2.39. The van der Waals surface area contributed by atoms with Gasteiger partial charge in [0.1, 0.15) is 6.04 Å². The lowest BCUT2D eigenvalue weighted by Crippen LogP contribution is -2.41. The third kappa shape index (κ3) is 3.76. The van der Waals surface area contributed by atoms with Crippen LogP contribution in [-0.2, 0) is 14.4 Å². The number of carbonyl (C=O) groups is 4. The van der Waals surface area contributed by atoms with Gasteiger partial charge in [-0.3, -0.25) is 14.4 Å². The van der Waals surface area contributed by atoms with Gasteiger partial charge < -0.3 is 15.5 Å².